The standard InChI is InChI=1S/C12H9Br2F3N2S/c1-18-10(7-3-2-6(13)4-8(7)14)9-5-19-11(20-9)12(15,16)17/h2-5,10,18H,1H3. The third-order valence-corrected chi connectivity index (χ3v) is 4.90. The molecule has 0 aliphatic rings. The fourth-order valence-electron chi connectivity index (χ4n) is 1.74. The summed E-state index contributed by atoms with van der Waals surface area (Å²) in [5, 5.41) is 2.19. The molecule has 20 heavy (non-hydrogen) atoms. The Bertz CT molecular complexity index is 613. The SMILES string of the molecule is CNC(c1cnc(C(F)(F)F)s1)c1ccc(Br)cc1Br. The largest absolute Gasteiger partial charge is 0.443 e. The van der Waals surface area contributed by atoms with Crippen molar-refractivity contribution in [1.29, 1.82) is 0 Å². The third kappa shape index (κ3) is 3.41. The maximum atomic E-state index is 12.6. The summed E-state index contributed by atoms with van der Waals surface area (Å²) >= 11 is 7.42. The molecule has 8 heteroatoms. The van der Waals surface area contributed by atoms with Crippen LogP contribution < -0.4 is 5.32 Å². The molecule has 2 rings (SSSR count). The Morgan fingerprint density at radius 3 is 2.50 bits per heavy atom. The molecule has 0 radical (unpaired) electrons. The number of nitrogens with zero attached hydrogens (tertiary/aromatic N) is 1. The monoisotopic (exact) mass is 428 g/mol. The van der Waals surface area contributed by atoms with Gasteiger partial charge in [0.15, 0.2) is 5.01 Å². The smallest absolute Gasteiger partial charge is 0.309 e. The Morgan fingerprint density at radius 1 is 1.30 bits per heavy atom. The number of rotatable bonds is 3. The van der Waals surface area contributed by atoms with Gasteiger partial charge in [-0.2, -0.15) is 13.2 Å². The van der Waals surface area contributed by atoms with E-state index in [0.717, 1.165) is 14.5 Å². The first-order valence-corrected chi connectivity index (χ1v) is 7.88. The van der Waals surface area contributed by atoms with E-state index in [1.54, 1.807) is 7.05 Å². The van der Waals surface area contributed by atoms with Gasteiger partial charge in [-0.15, -0.1) is 11.3 Å². The number of benzene rings is 1. The van der Waals surface area contributed by atoms with Gasteiger partial charge in [0, 0.05) is 20.0 Å². The predicted octanol–water partition coefficient (Wildman–Crippen LogP) is 5.00. The quantitative estimate of drug-likeness (QED) is 0.742. The maximum absolute atomic E-state index is 12.6. The molecule has 2 nitrogen and oxygen atoms in total. The van der Waals surface area contributed by atoms with Crippen molar-refractivity contribution in [2.45, 2.75) is 12.2 Å². The molecular weight excluding hydrogens is 421 g/mol. The summed E-state index contributed by atoms with van der Waals surface area (Å²) in [7, 11) is 1.70. The van der Waals surface area contributed by atoms with Crippen LogP contribution in [0.15, 0.2) is 33.3 Å². The van der Waals surface area contributed by atoms with Crippen LogP contribution in [0.1, 0.15) is 21.5 Å². The zero-order valence-electron chi connectivity index (χ0n) is 10.1. The fraction of sp³-hybridized carbons (Fsp3) is 0.250. The van der Waals surface area contributed by atoms with Gasteiger partial charge < -0.3 is 5.32 Å². The van der Waals surface area contributed by atoms with Gasteiger partial charge in [-0.1, -0.05) is 37.9 Å². The van der Waals surface area contributed by atoms with Gasteiger partial charge in [0.05, 0.1) is 6.04 Å². The molecule has 1 N–H and O–H groups in total. The molecule has 0 fully saturated rings. The molecule has 0 spiro atoms. The lowest BCUT2D eigenvalue weighted by molar-refractivity contribution is -0.137. The minimum atomic E-state index is -4.40. The predicted molar refractivity (Wildman–Crippen MR) is 79.9 cm³/mol. The Labute approximate surface area is 134 Å². The summed E-state index contributed by atoms with van der Waals surface area (Å²) in [5.74, 6) is 0. The van der Waals surface area contributed by atoms with Crippen molar-refractivity contribution in [3.63, 3.8) is 0 Å². The highest BCUT2D eigenvalue weighted by atomic mass is 79.9. The average molecular weight is 430 g/mol. The lowest BCUT2D eigenvalue weighted by Crippen LogP contribution is -2.17. The van der Waals surface area contributed by atoms with Gasteiger partial charge in [-0.25, -0.2) is 4.98 Å². The van der Waals surface area contributed by atoms with Crippen LogP contribution in [0.2, 0.25) is 0 Å². The summed E-state index contributed by atoms with van der Waals surface area (Å²) < 4.78 is 39.6. The van der Waals surface area contributed by atoms with E-state index in [-0.39, 0.29) is 6.04 Å². The highest BCUT2D eigenvalue weighted by Crippen LogP contribution is 2.37. The first-order valence-electron chi connectivity index (χ1n) is 5.48. The van der Waals surface area contributed by atoms with Crippen LogP contribution >= 0.6 is 43.2 Å². The highest BCUT2D eigenvalue weighted by molar-refractivity contribution is 9.11. The zero-order valence-corrected chi connectivity index (χ0v) is 14.1. The Morgan fingerprint density at radius 2 is 2.00 bits per heavy atom. The van der Waals surface area contributed by atoms with E-state index in [1.165, 1.54) is 6.20 Å². The van der Waals surface area contributed by atoms with Crippen LogP contribution in [0, 0.1) is 0 Å². The first-order chi connectivity index (χ1) is 9.32. The molecule has 1 unspecified atom stereocenters. The molecule has 108 valence electrons. The van der Waals surface area contributed by atoms with Gasteiger partial charge in [-0.3, -0.25) is 0 Å². The number of nitrogens with one attached hydrogen (secondary N) is 1. The van der Waals surface area contributed by atoms with Crippen molar-refractivity contribution < 1.29 is 13.2 Å². The van der Waals surface area contributed by atoms with Crippen LogP contribution in [0.25, 0.3) is 0 Å². The molecule has 0 aliphatic carbocycles. The van der Waals surface area contributed by atoms with Crippen LogP contribution in [0.4, 0.5) is 13.2 Å². The highest BCUT2D eigenvalue weighted by Gasteiger charge is 2.35. The molecule has 0 aliphatic heterocycles. The van der Waals surface area contributed by atoms with E-state index >= 15 is 0 Å². The maximum Gasteiger partial charge on any atom is 0.443 e. The summed E-state index contributed by atoms with van der Waals surface area (Å²) in [4.78, 5) is 3.97. The lowest BCUT2D eigenvalue weighted by atomic mass is 10.1. The second kappa shape index (κ2) is 6.13. The first kappa shape index (κ1) is 15.9. The summed E-state index contributed by atoms with van der Waals surface area (Å²) in [5.41, 5.74) is 0.855. The number of thiazole rings is 1. The second-order valence-electron chi connectivity index (χ2n) is 3.95. The Balaban J connectivity index is 2.40. The van der Waals surface area contributed by atoms with Crippen molar-refractivity contribution in [1.82, 2.24) is 10.3 Å². The summed E-state index contributed by atoms with van der Waals surface area (Å²) in [6.45, 7) is 0. The van der Waals surface area contributed by atoms with E-state index in [1.807, 2.05) is 18.2 Å². The minimum Gasteiger partial charge on any atom is -0.309 e. The van der Waals surface area contributed by atoms with Crippen molar-refractivity contribution >= 4 is 43.2 Å². The molecule has 1 aromatic carbocycles. The van der Waals surface area contributed by atoms with Gasteiger partial charge in [0.25, 0.3) is 0 Å². The zero-order chi connectivity index (χ0) is 14.9. The number of hydrogen-bond donors (Lipinski definition) is 1. The average Bonchev–Trinajstić information content (AvgIpc) is 2.82. The summed E-state index contributed by atoms with van der Waals surface area (Å²) in [6, 6.07) is 5.20. The van der Waals surface area contributed by atoms with Gasteiger partial charge in [0.2, 0.25) is 0 Å². The number of aromatic nitrogens is 1. The lowest BCUT2D eigenvalue weighted by Gasteiger charge is -2.16. The molecule has 0 saturated heterocycles. The fourth-order valence-corrected chi connectivity index (χ4v) is 3.93. The molecule has 2 aromatic rings. The van der Waals surface area contributed by atoms with Crippen molar-refractivity contribution in [2.75, 3.05) is 7.05 Å². The van der Waals surface area contributed by atoms with Crippen LogP contribution in [-0.4, -0.2) is 12.0 Å². The number of halogens is 5. The van der Waals surface area contributed by atoms with Crippen molar-refractivity contribution in [3.05, 3.63) is 48.8 Å². The normalized spacial score (nSPS) is 13.5. The van der Waals surface area contributed by atoms with E-state index < -0.39 is 11.2 Å². The second-order valence-corrected chi connectivity index (χ2v) is 6.79. The van der Waals surface area contributed by atoms with E-state index in [2.05, 4.69) is 42.2 Å². The van der Waals surface area contributed by atoms with Gasteiger partial charge in [0.1, 0.15) is 0 Å². The molecule has 1 aromatic heterocycles. The summed E-state index contributed by atoms with van der Waals surface area (Å²) in [6.07, 6.45) is -3.14. The van der Waals surface area contributed by atoms with Gasteiger partial charge in [-0.05, 0) is 24.7 Å². The third-order valence-electron chi connectivity index (χ3n) is 2.61. The number of alkyl halides is 3. The van der Waals surface area contributed by atoms with Crippen LogP contribution in [0.3, 0.4) is 0 Å². The molecule has 0 amide bonds. The molecule has 1 heterocycles. The molecule has 0 bridgehead atoms. The minimum absolute atomic E-state index is 0.342. The van der Waals surface area contributed by atoms with E-state index in [0.29, 0.717) is 16.2 Å². The molecule has 1 atom stereocenters. The van der Waals surface area contributed by atoms with Gasteiger partial charge >= 0.3 is 6.18 Å². The van der Waals surface area contributed by atoms with Crippen molar-refractivity contribution in [3.8, 4) is 0 Å². The number of hydrogen-bond acceptors (Lipinski definition) is 3. The molecular formula is C12H9Br2F3N2S. The Kier molecular flexibility index (Phi) is 4.88. The van der Waals surface area contributed by atoms with Crippen LogP contribution in [-0.2, 0) is 6.18 Å². The topological polar surface area (TPSA) is 24.9 Å². The van der Waals surface area contributed by atoms with E-state index in [4.69, 9.17) is 0 Å². The van der Waals surface area contributed by atoms with Crippen LogP contribution in [0.5, 0.6) is 0 Å². The van der Waals surface area contributed by atoms with E-state index in [9.17, 15) is 13.2 Å². The van der Waals surface area contributed by atoms with Crippen molar-refractivity contribution in [2.24, 2.45) is 0 Å². The Hall–Kier alpha value is -0.440. The molecule has 0 saturated carbocycles.